The van der Waals surface area contributed by atoms with E-state index in [2.05, 4.69) is 5.32 Å². The zero-order valence-corrected chi connectivity index (χ0v) is 10.9. The molecular weight excluding hydrogens is 295 g/mol. The molecule has 0 bridgehead atoms. The van der Waals surface area contributed by atoms with Gasteiger partial charge in [0.1, 0.15) is 0 Å². The van der Waals surface area contributed by atoms with Gasteiger partial charge in [-0.25, -0.2) is 8.42 Å². The van der Waals surface area contributed by atoms with Gasteiger partial charge in [-0.3, -0.25) is 4.79 Å². The van der Waals surface area contributed by atoms with Gasteiger partial charge in [0.05, 0.1) is 16.1 Å². The average molecular weight is 305 g/mol. The van der Waals surface area contributed by atoms with Crippen LogP contribution in [0.1, 0.15) is 24.8 Å². The maximum atomic E-state index is 12.6. The van der Waals surface area contributed by atoms with Crippen LogP contribution >= 0.6 is 0 Å². The van der Waals surface area contributed by atoms with E-state index in [-0.39, 0.29) is 23.4 Å². The molecular formula is C12H10F3NO3S. The predicted molar refractivity (Wildman–Crippen MR) is 63.8 cm³/mol. The number of hydrogen-bond acceptors (Lipinski definition) is 3. The van der Waals surface area contributed by atoms with Gasteiger partial charge in [0.2, 0.25) is 5.91 Å². The number of amides is 1. The molecule has 0 aromatic heterocycles. The second-order valence-electron chi connectivity index (χ2n) is 5.01. The SMILES string of the molecule is O=C1Nc2cc(C(F)(F)F)ccc2S(=O)(=O)C12CCC2. The molecule has 0 radical (unpaired) electrons. The van der Waals surface area contributed by atoms with Crippen LogP contribution in [0.3, 0.4) is 0 Å². The summed E-state index contributed by atoms with van der Waals surface area (Å²) in [5.41, 5.74) is -1.28. The summed E-state index contributed by atoms with van der Waals surface area (Å²) in [6, 6.07) is 2.31. The van der Waals surface area contributed by atoms with Gasteiger partial charge >= 0.3 is 6.18 Å². The molecule has 3 rings (SSSR count). The molecule has 1 aromatic carbocycles. The fraction of sp³-hybridized carbons (Fsp3) is 0.417. The lowest BCUT2D eigenvalue weighted by atomic mass is 9.83. The molecule has 108 valence electrons. The molecule has 1 fully saturated rings. The Hall–Kier alpha value is -1.57. The molecule has 4 nitrogen and oxygen atoms in total. The highest BCUT2D eigenvalue weighted by molar-refractivity contribution is 7.94. The van der Waals surface area contributed by atoms with Crippen molar-refractivity contribution in [1.29, 1.82) is 0 Å². The number of nitrogens with one attached hydrogen (secondary N) is 1. The first-order valence-electron chi connectivity index (χ1n) is 5.96. The highest BCUT2D eigenvalue weighted by Gasteiger charge is 2.58. The Morgan fingerprint density at radius 3 is 2.35 bits per heavy atom. The number of rotatable bonds is 0. The summed E-state index contributed by atoms with van der Waals surface area (Å²) in [5, 5.41) is 2.30. The second-order valence-corrected chi connectivity index (χ2v) is 7.24. The number of sulfone groups is 1. The van der Waals surface area contributed by atoms with Crippen molar-refractivity contribution in [2.45, 2.75) is 35.1 Å². The van der Waals surface area contributed by atoms with Crippen molar-refractivity contribution in [1.82, 2.24) is 0 Å². The van der Waals surface area contributed by atoms with E-state index in [9.17, 15) is 26.4 Å². The van der Waals surface area contributed by atoms with Crippen LogP contribution < -0.4 is 5.32 Å². The minimum absolute atomic E-state index is 0.210. The summed E-state index contributed by atoms with van der Waals surface area (Å²) in [7, 11) is -3.94. The molecule has 1 spiro atoms. The van der Waals surface area contributed by atoms with E-state index in [1.807, 2.05) is 0 Å². The van der Waals surface area contributed by atoms with Crippen LogP contribution in [0.15, 0.2) is 23.1 Å². The number of alkyl halides is 3. The molecule has 2 aliphatic rings. The largest absolute Gasteiger partial charge is 0.416 e. The Morgan fingerprint density at radius 2 is 1.85 bits per heavy atom. The summed E-state index contributed by atoms with van der Waals surface area (Å²) in [5.74, 6) is -0.726. The fourth-order valence-electron chi connectivity index (χ4n) is 2.60. The van der Waals surface area contributed by atoms with E-state index in [4.69, 9.17) is 0 Å². The topological polar surface area (TPSA) is 63.2 Å². The zero-order valence-electron chi connectivity index (χ0n) is 10.1. The van der Waals surface area contributed by atoms with Crippen LogP contribution in [-0.4, -0.2) is 19.1 Å². The third-order valence-corrected chi connectivity index (χ3v) is 6.49. The molecule has 1 heterocycles. The van der Waals surface area contributed by atoms with Crippen molar-refractivity contribution in [3.8, 4) is 0 Å². The Kier molecular flexibility index (Phi) is 2.51. The van der Waals surface area contributed by atoms with Crippen LogP contribution in [0, 0.1) is 0 Å². The fourth-order valence-corrected chi connectivity index (χ4v) is 4.79. The lowest BCUT2D eigenvalue weighted by molar-refractivity contribution is -0.137. The molecule has 0 unspecified atom stereocenters. The molecule has 1 amide bonds. The highest BCUT2D eigenvalue weighted by Crippen LogP contribution is 2.48. The van der Waals surface area contributed by atoms with E-state index in [0.29, 0.717) is 12.5 Å². The molecule has 1 aliphatic heterocycles. The number of carbonyl (C=O) groups is 1. The number of carbonyl (C=O) groups excluding carboxylic acids is 1. The van der Waals surface area contributed by atoms with Crippen LogP contribution in [-0.2, 0) is 20.8 Å². The van der Waals surface area contributed by atoms with E-state index in [1.165, 1.54) is 0 Å². The summed E-state index contributed by atoms with van der Waals surface area (Å²) in [6.07, 6.45) is -3.55. The van der Waals surface area contributed by atoms with E-state index in [1.54, 1.807) is 0 Å². The summed E-state index contributed by atoms with van der Waals surface area (Å²) in [6.45, 7) is 0. The van der Waals surface area contributed by atoms with E-state index >= 15 is 0 Å². The van der Waals surface area contributed by atoms with E-state index < -0.39 is 32.2 Å². The Bertz CT molecular complexity index is 705. The monoisotopic (exact) mass is 305 g/mol. The van der Waals surface area contributed by atoms with Crippen molar-refractivity contribution in [2.75, 3.05) is 5.32 Å². The van der Waals surface area contributed by atoms with Gasteiger partial charge < -0.3 is 5.32 Å². The molecule has 1 N–H and O–H groups in total. The standard InChI is InChI=1S/C12H10F3NO3S/c13-12(14,15)7-2-3-9-8(6-7)16-10(17)11(4-1-5-11)20(9,18)19/h2-3,6H,1,4-5H2,(H,16,17). The molecule has 20 heavy (non-hydrogen) atoms. The molecule has 0 atom stereocenters. The lowest BCUT2D eigenvalue weighted by Gasteiger charge is -2.42. The normalized spacial score (nSPS) is 22.9. The van der Waals surface area contributed by atoms with Gasteiger partial charge in [0.25, 0.3) is 0 Å². The van der Waals surface area contributed by atoms with Gasteiger partial charge in [0.15, 0.2) is 14.6 Å². The minimum Gasteiger partial charge on any atom is -0.324 e. The number of hydrogen-bond donors (Lipinski definition) is 1. The third kappa shape index (κ3) is 1.54. The van der Waals surface area contributed by atoms with Gasteiger partial charge in [-0.05, 0) is 37.5 Å². The number of anilines is 1. The van der Waals surface area contributed by atoms with Crippen molar-refractivity contribution < 1.29 is 26.4 Å². The maximum Gasteiger partial charge on any atom is 0.416 e. The van der Waals surface area contributed by atoms with Gasteiger partial charge in [-0.1, -0.05) is 0 Å². The quantitative estimate of drug-likeness (QED) is 0.800. The van der Waals surface area contributed by atoms with Crippen molar-refractivity contribution in [2.24, 2.45) is 0 Å². The predicted octanol–water partition coefficient (Wildman–Crippen LogP) is 2.35. The van der Waals surface area contributed by atoms with Gasteiger partial charge in [-0.2, -0.15) is 13.2 Å². The average Bonchev–Trinajstić information content (AvgIpc) is 2.24. The van der Waals surface area contributed by atoms with Crippen molar-refractivity contribution in [3.05, 3.63) is 23.8 Å². The molecule has 1 saturated carbocycles. The van der Waals surface area contributed by atoms with E-state index in [0.717, 1.165) is 12.1 Å². The first-order valence-corrected chi connectivity index (χ1v) is 7.44. The number of benzene rings is 1. The van der Waals surface area contributed by atoms with Crippen molar-refractivity contribution >= 4 is 21.4 Å². The molecule has 1 aromatic rings. The molecule has 8 heteroatoms. The first kappa shape index (κ1) is 13.4. The van der Waals surface area contributed by atoms with Gasteiger partial charge in [0, 0.05) is 0 Å². The summed E-state index contributed by atoms with van der Waals surface area (Å²) in [4.78, 5) is 11.7. The minimum atomic E-state index is -4.59. The Balaban J connectivity index is 2.18. The Labute approximate surface area is 112 Å². The van der Waals surface area contributed by atoms with Crippen molar-refractivity contribution in [3.63, 3.8) is 0 Å². The van der Waals surface area contributed by atoms with Crippen LogP contribution in [0.25, 0.3) is 0 Å². The summed E-state index contributed by atoms with van der Waals surface area (Å²) < 4.78 is 61.2. The first-order chi connectivity index (χ1) is 9.18. The number of halogens is 3. The maximum absolute atomic E-state index is 12.6. The van der Waals surface area contributed by atoms with Crippen LogP contribution in [0.5, 0.6) is 0 Å². The highest BCUT2D eigenvalue weighted by atomic mass is 32.2. The molecule has 0 saturated heterocycles. The lowest BCUT2D eigenvalue weighted by Crippen LogP contribution is -2.57. The smallest absolute Gasteiger partial charge is 0.324 e. The Morgan fingerprint density at radius 1 is 1.20 bits per heavy atom. The van der Waals surface area contributed by atoms with Crippen LogP contribution in [0.4, 0.5) is 18.9 Å². The summed E-state index contributed by atoms with van der Waals surface area (Å²) >= 11 is 0. The van der Waals surface area contributed by atoms with Gasteiger partial charge in [-0.15, -0.1) is 0 Å². The number of fused-ring (bicyclic) bond motifs is 1. The second kappa shape index (κ2) is 3.75. The van der Waals surface area contributed by atoms with Crippen LogP contribution in [0.2, 0.25) is 0 Å². The molecule has 1 aliphatic carbocycles. The zero-order chi connectivity index (χ0) is 14.8. The third-order valence-electron chi connectivity index (χ3n) is 3.93.